The Balaban J connectivity index is 1.76. The van der Waals surface area contributed by atoms with E-state index in [4.69, 9.17) is 0 Å². The van der Waals surface area contributed by atoms with Crippen LogP contribution in [-0.4, -0.2) is 56.1 Å². The monoisotopic (exact) mass is 381 g/mol. The number of piperazine rings is 1. The van der Waals surface area contributed by atoms with Crippen molar-refractivity contribution in [2.45, 2.75) is 10.7 Å². The third kappa shape index (κ3) is 3.52. The normalized spacial score (nSPS) is 15.3. The predicted molar refractivity (Wildman–Crippen MR) is 92.0 cm³/mol. The van der Waals surface area contributed by atoms with Crippen molar-refractivity contribution >= 4 is 21.4 Å². The number of halogens is 2. The molecule has 2 aromatic rings. The fraction of sp³-hybridized carbons (Fsp3) is 0.294. The molecule has 1 saturated heterocycles. The van der Waals surface area contributed by atoms with E-state index in [1.807, 2.05) is 0 Å². The number of carbonyl (C=O) groups is 1. The van der Waals surface area contributed by atoms with E-state index in [2.05, 4.69) is 4.98 Å². The van der Waals surface area contributed by atoms with Crippen LogP contribution in [-0.2, 0) is 9.84 Å². The van der Waals surface area contributed by atoms with E-state index in [0.717, 1.165) is 0 Å². The summed E-state index contributed by atoms with van der Waals surface area (Å²) in [5.74, 6) is -3.64. The molecule has 0 radical (unpaired) electrons. The summed E-state index contributed by atoms with van der Waals surface area (Å²) in [4.78, 5) is 19.3. The Morgan fingerprint density at radius 3 is 2.35 bits per heavy atom. The van der Waals surface area contributed by atoms with E-state index in [-0.39, 0.29) is 16.5 Å². The first-order chi connectivity index (χ1) is 12.4. The fourth-order valence-corrected chi connectivity index (χ4v) is 3.83. The Kier molecular flexibility index (Phi) is 5.17. The van der Waals surface area contributed by atoms with Crippen LogP contribution in [0.15, 0.2) is 53.7 Å². The number of pyridine rings is 1. The van der Waals surface area contributed by atoms with Crippen LogP contribution in [0.25, 0.3) is 0 Å². The summed E-state index contributed by atoms with van der Waals surface area (Å²) in [6, 6.07) is 9.06. The molecule has 1 aliphatic heterocycles. The highest BCUT2D eigenvalue weighted by Crippen LogP contribution is 2.29. The molecular formula is C17H17F2N3O3S. The van der Waals surface area contributed by atoms with Gasteiger partial charge in [0.2, 0.25) is 9.84 Å². The highest BCUT2D eigenvalue weighted by Gasteiger charge is 2.32. The molecule has 0 aliphatic carbocycles. The topological polar surface area (TPSA) is 70.6 Å². The maximum atomic E-state index is 12.9. The Labute approximate surface area is 150 Å². The van der Waals surface area contributed by atoms with Gasteiger partial charge in [0.25, 0.3) is 5.91 Å². The molecule has 1 aromatic heterocycles. The summed E-state index contributed by atoms with van der Waals surface area (Å²) in [5, 5.41) is 0. The van der Waals surface area contributed by atoms with Gasteiger partial charge >= 0.3 is 5.76 Å². The molecule has 138 valence electrons. The predicted octanol–water partition coefficient (Wildman–Crippen LogP) is 2.04. The van der Waals surface area contributed by atoms with Crippen molar-refractivity contribution in [1.82, 2.24) is 9.88 Å². The van der Waals surface area contributed by atoms with Crippen LogP contribution in [0.3, 0.4) is 0 Å². The number of hydrogen-bond acceptors (Lipinski definition) is 5. The largest absolute Gasteiger partial charge is 0.367 e. The molecule has 0 bridgehead atoms. The number of para-hydroxylation sites is 1. The number of carbonyl (C=O) groups excluding carboxylic acids is 1. The number of benzene rings is 1. The molecule has 2 heterocycles. The molecule has 0 saturated carbocycles. The van der Waals surface area contributed by atoms with Crippen LogP contribution in [0.2, 0.25) is 0 Å². The molecule has 26 heavy (non-hydrogen) atoms. The van der Waals surface area contributed by atoms with Crippen LogP contribution in [0.5, 0.6) is 0 Å². The lowest BCUT2D eigenvalue weighted by atomic mass is 10.2. The van der Waals surface area contributed by atoms with Gasteiger partial charge in [-0.2, -0.15) is 8.78 Å². The molecule has 9 heteroatoms. The van der Waals surface area contributed by atoms with Crippen molar-refractivity contribution in [3.63, 3.8) is 0 Å². The summed E-state index contributed by atoms with van der Waals surface area (Å²) < 4.78 is 49.7. The van der Waals surface area contributed by atoms with Crippen molar-refractivity contribution in [3.8, 4) is 0 Å². The molecule has 0 atom stereocenters. The summed E-state index contributed by atoms with van der Waals surface area (Å²) in [6.45, 7) is 1.41. The third-order valence-electron chi connectivity index (χ3n) is 4.22. The fourth-order valence-electron chi connectivity index (χ4n) is 2.88. The number of alkyl halides is 2. The minimum absolute atomic E-state index is 0.161. The number of aromatic nitrogens is 1. The second kappa shape index (κ2) is 7.36. The van der Waals surface area contributed by atoms with Gasteiger partial charge in [0, 0.05) is 38.6 Å². The Bertz CT molecular complexity index is 883. The lowest BCUT2D eigenvalue weighted by molar-refractivity contribution is 0.0746. The van der Waals surface area contributed by atoms with Gasteiger partial charge in [-0.25, -0.2) is 8.42 Å². The molecule has 1 aromatic carbocycles. The standard InChI is InChI=1S/C17H17F2N3O3S/c18-17(19)26(24,25)15-6-2-1-5-14(15)21-8-10-22(11-9-21)16(23)13-4-3-7-20-12-13/h1-7,12,17H,8-11H2. The van der Waals surface area contributed by atoms with Gasteiger partial charge < -0.3 is 9.80 Å². The van der Waals surface area contributed by atoms with Gasteiger partial charge in [-0.3, -0.25) is 9.78 Å². The molecule has 0 N–H and O–H groups in total. The van der Waals surface area contributed by atoms with Crippen molar-refractivity contribution < 1.29 is 22.0 Å². The Morgan fingerprint density at radius 1 is 1.04 bits per heavy atom. The van der Waals surface area contributed by atoms with Crippen molar-refractivity contribution in [1.29, 1.82) is 0 Å². The van der Waals surface area contributed by atoms with E-state index < -0.39 is 15.6 Å². The molecule has 1 aliphatic rings. The van der Waals surface area contributed by atoms with Crippen LogP contribution < -0.4 is 4.90 Å². The quantitative estimate of drug-likeness (QED) is 0.811. The number of sulfone groups is 1. The zero-order chi connectivity index (χ0) is 18.7. The lowest BCUT2D eigenvalue weighted by Crippen LogP contribution is -2.49. The van der Waals surface area contributed by atoms with Crippen molar-refractivity contribution in [2.75, 3.05) is 31.1 Å². The summed E-state index contributed by atoms with van der Waals surface area (Å²) in [6.07, 6.45) is 3.06. The van der Waals surface area contributed by atoms with Crippen LogP contribution >= 0.6 is 0 Å². The first-order valence-electron chi connectivity index (χ1n) is 7.96. The SMILES string of the molecule is O=C(c1cccnc1)N1CCN(c2ccccc2S(=O)(=O)C(F)F)CC1. The molecule has 1 fully saturated rings. The number of anilines is 1. The summed E-state index contributed by atoms with van der Waals surface area (Å²) >= 11 is 0. The average molecular weight is 381 g/mol. The summed E-state index contributed by atoms with van der Waals surface area (Å²) in [7, 11) is -4.69. The van der Waals surface area contributed by atoms with Crippen molar-refractivity contribution in [3.05, 3.63) is 54.4 Å². The first-order valence-corrected chi connectivity index (χ1v) is 9.51. The Hall–Kier alpha value is -2.55. The molecule has 0 unspecified atom stereocenters. The number of amides is 1. The summed E-state index contributed by atoms with van der Waals surface area (Å²) in [5.41, 5.74) is 0.711. The molecular weight excluding hydrogens is 364 g/mol. The molecule has 0 spiro atoms. The second-order valence-electron chi connectivity index (χ2n) is 5.79. The minimum Gasteiger partial charge on any atom is -0.367 e. The third-order valence-corrected chi connectivity index (χ3v) is 5.65. The number of hydrogen-bond donors (Lipinski definition) is 0. The van der Waals surface area contributed by atoms with Gasteiger partial charge in [-0.15, -0.1) is 0 Å². The van der Waals surface area contributed by atoms with Gasteiger partial charge in [0.1, 0.15) is 0 Å². The van der Waals surface area contributed by atoms with E-state index >= 15 is 0 Å². The lowest BCUT2D eigenvalue weighted by Gasteiger charge is -2.36. The maximum Gasteiger partial charge on any atom is 0.341 e. The van der Waals surface area contributed by atoms with E-state index in [0.29, 0.717) is 31.7 Å². The number of nitrogens with zero attached hydrogens (tertiary/aromatic N) is 3. The first kappa shape index (κ1) is 18.2. The molecule has 3 rings (SSSR count). The second-order valence-corrected chi connectivity index (χ2v) is 7.68. The minimum atomic E-state index is -4.69. The zero-order valence-electron chi connectivity index (χ0n) is 13.8. The van der Waals surface area contributed by atoms with Crippen LogP contribution in [0.1, 0.15) is 10.4 Å². The van der Waals surface area contributed by atoms with E-state index in [1.165, 1.54) is 24.4 Å². The Morgan fingerprint density at radius 2 is 1.73 bits per heavy atom. The highest BCUT2D eigenvalue weighted by atomic mass is 32.2. The molecule has 1 amide bonds. The highest BCUT2D eigenvalue weighted by molar-refractivity contribution is 7.91. The van der Waals surface area contributed by atoms with E-state index in [1.54, 1.807) is 34.2 Å². The van der Waals surface area contributed by atoms with Gasteiger partial charge in [0.15, 0.2) is 0 Å². The molecule has 6 nitrogen and oxygen atoms in total. The smallest absolute Gasteiger partial charge is 0.341 e. The van der Waals surface area contributed by atoms with E-state index in [9.17, 15) is 22.0 Å². The van der Waals surface area contributed by atoms with Crippen LogP contribution in [0, 0.1) is 0 Å². The zero-order valence-corrected chi connectivity index (χ0v) is 14.6. The average Bonchev–Trinajstić information content (AvgIpc) is 2.68. The van der Waals surface area contributed by atoms with Gasteiger partial charge in [-0.1, -0.05) is 12.1 Å². The van der Waals surface area contributed by atoms with Gasteiger partial charge in [-0.05, 0) is 24.3 Å². The van der Waals surface area contributed by atoms with Crippen molar-refractivity contribution in [2.24, 2.45) is 0 Å². The van der Waals surface area contributed by atoms with Gasteiger partial charge in [0.05, 0.1) is 16.1 Å². The maximum absolute atomic E-state index is 12.9. The number of rotatable bonds is 4. The van der Waals surface area contributed by atoms with Crippen LogP contribution in [0.4, 0.5) is 14.5 Å².